The van der Waals surface area contributed by atoms with Gasteiger partial charge in [0.05, 0.1) is 0 Å². The first-order valence-electron chi connectivity index (χ1n) is 3.42. The predicted octanol–water partition coefficient (Wildman–Crippen LogP) is 2.75. The van der Waals surface area contributed by atoms with Crippen LogP contribution in [0.25, 0.3) is 0 Å². The Hall–Kier alpha value is 0.690. The van der Waals surface area contributed by atoms with Crippen LogP contribution in [0.15, 0.2) is 0 Å². The average Bonchev–Trinajstić information content (AvgIpc) is 1.86. The molecular weight excluding hydrogens is 225 g/mol. The molecule has 0 aliphatic rings. The van der Waals surface area contributed by atoms with Gasteiger partial charge in [-0.25, -0.2) is 0 Å². The van der Waals surface area contributed by atoms with E-state index in [1.54, 1.807) is 0 Å². The van der Waals surface area contributed by atoms with Gasteiger partial charge in [0.2, 0.25) is 0 Å². The molecule has 0 saturated heterocycles. The summed E-state index contributed by atoms with van der Waals surface area (Å²) < 4.78 is 3.26. The first-order valence-corrected chi connectivity index (χ1v) is 4.50. The van der Waals surface area contributed by atoms with E-state index in [-0.39, 0.29) is 5.54 Å². The van der Waals surface area contributed by atoms with Crippen LogP contribution in [-0.4, -0.2) is 5.54 Å². The predicted molar refractivity (Wildman–Crippen MR) is 50.7 cm³/mol. The molecule has 0 aromatic carbocycles. The molecule has 0 aromatic heterocycles. The standard InChI is InChI=1S/C7H16IN/c1-5-6(2)7(3,4)9-8/h6,9H,5H2,1-4H3. The molecule has 0 amide bonds. The zero-order chi connectivity index (χ0) is 7.49. The van der Waals surface area contributed by atoms with Gasteiger partial charge in [0, 0.05) is 28.4 Å². The monoisotopic (exact) mass is 241 g/mol. The lowest BCUT2D eigenvalue weighted by Crippen LogP contribution is -2.38. The minimum Gasteiger partial charge on any atom is -0.255 e. The number of rotatable bonds is 3. The lowest BCUT2D eigenvalue weighted by atomic mass is 9.88. The second kappa shape index (κ2) is 3.76. The maximum atomic E-state index is 3.26. The largest absolute Gasteiger partial charge is 0.255 e. The van der Waals surface area contributed by atoms with Gasteiger partial charge in [-0.15, -0.1) is 0 Å². The Morgan fingerprint density at radius 2 is 2.00 bits per heavy atom. The van der Waals surface area contributed by atoms with E-state index >= 15 is 0 Å². The summed E-state index contributed by atoms with van der Waals surface area (Å²) in [7, 11) is 0. The van der Waals surface area contributed by atoms with Crippen LogP contribution in [0, 0.1) is 5.92 Å². The van der Waals surface area contributed by atoms with Crippen LogP contribution in [0.2, 0.25) is 0 Å². The molecule has 9 heavy (non-hydrogen) atoms. The van der Waals surface area contributed by atoms with Gasteiger partial charge in [0.25, 0.3) is 0 Å². The van der Waals surface area contributed by atoms with Crippen LogP contribution in [-0.2, 0) is 0 Å². The summed E-state index contributed by atoms with van der Waals surface area (Å²) in [5.74, 6) is 0.745. The fourth-order valence-electron chi connectivity index (χ4n) is 0.603. The minimum absolute atomic E-state index is 0.287. The van der Waals surface area contributed by atoms with Gasteiger partial charge in [0.15, 0.2) is 0 Å². The van der Waals surface area contributed by atoms with Crippen molar-refractivity contribution in [2.75, 3.05) is 0 Å². The van der Waals surface area contributed by atoms with Crippen molar-refractivity contribution in [2.24, 2.45) is 5.92 Å². The third kappa shape index (κ3) is 2.85. The van der Waals surface area contributed by atoms with Crippen LogP contribution in [0.3, 0.4) is 0 Å². The number of halogens is 1. The van der Waals surface area contributed by atoms with Gasteiger partial charge in [-0.1, -0.05) is 20.3 Å². The Kier molecular flexibility index (Phi) is 4.05. The average molecular weight is 241 g/mol. The highest BCUT2D eigenvalue weighted by Gasteiger charge is 2.21. The zero-order valence-electron chi connectivity index (χ0n) is 6.66. The van der Waals surface area contributed by atoms with Crippen LogP contribution in [0.4, 0.5) is 0 Å². The van der Waals surface area contributed by atoms with E-state index < -0.39 is 0 Å². The molecule has 1 unspecified atom stereocenters. The molecule has 1 N–H and O–H groups in total. The first kappa shape index (κ1) is 9.69. The maximum Gasteiger partial charge on any atom is 0.0243 e. The third-order valence-corrected chi connectivity index (χ3v) is 3.48. The van der Waals surface area contributed by atoms with Crippen molar-refractivity contribution < 1.29 is 0 Å². The van der Waals surface area contributed by atoms with Gasteiger partial charge in [-0.2, -0.15) is 0 Å². The highest BCUT2D eigenvalue weighted by Crippen LogP contribution is 2.19. The number of nitrogens with one attached hydrogen (secondary N) is 1. The number of hydrogen-bond donors (Lipinski definition) is 1. The van der Waals surface area contributed by atoms with E-state index in [2.05, 4.69) is 54.1 Å². The lowest BCUT2D eigenvalue weighted by Gasteiger charge is -2.29. The molecule has 1 atom stereocenters. The summed E-state index contributed by atoms with van der Waals surface area (Å²) in [6.07, 6.45) is 1.24. The van der Waals surface area contributed by atoms with Crippen LogP contribution in [0.5, 0.6) is 0 Å². The van der Waals surface area contributed by atoms with Gasteiger partial charge < -0.3 is 0 Å². The Morgan fingerprint density at radius 1 is 1.56 bits per heavy atom. The second-order valence-corrected chi connectivity index (χ2v) is 3.66. The van der Waals surface area contributed by atoms with Crippen molar-refractivity contribution in [1.29, 1.82) is 0 Å². The summed E-state index contributed by atoms with van der Waals surface area (Å²) in [6, 6.07) is 0. The van der Waals surface area contributed by atoms with E-state index in [9.17, 15) is 0 Å². The molecule has 0 aliphatic heterocycles. The molecule has 0 heterocycles. The molecular formula is C7H16IN. The Balaban J connectivity index is 3.80. The van der Waals surface area contributed by atoms with Gasteiger partial charge in [-0.3, -0.25) is 3.53 Å². The fraction of sp³-hybridized carbons (Fsp3) is 1.00. The van der Waals surface area contributed by atoms with Crippen molar-refractivity contribution in [1.82, 2.24) is 3.53 Å². The Morgan fingerprint density at radius 3 is 2.11 bits per heavy atom. The van der Waals surface area contributed by atoms with Crippen LogP contribution in [0.1, 0.15) is 34.1 Å². The van der Waals surface area contributed by atoms with E-state index in [0.29, 0.717) is 0 Å². The highest BCUT2D eigenvalue weighted by atomic mass is 127. The van der Waals surface area contributed by atoms with E-state index in [4.69, 9.17) is 0 Å². The molecule has 0 fully saturated rings. The molecule has 0 bridgehead atoms. The molecule has 0 saturated carbocycles. The quantitative estimate of drug-likeness (QED) is 0.591. The van der Waals surface area contributed by atoms with Crippen molar-refractivity contribution in [3.8, 4) is 0 Å². The van der Waals surface area contributed by atoms with Crippen molar-refractivity contribution in [3.63, 3.8) is 0 Å². The summed E-state index contributed by atoms with van der Waals surface area (Å²) in [5.41, 5.74) is 0.287. The van der Waals surface area contributed by atoms with Gasteiger partial charge >= 0.3 is 0 Å². The van der Waals surface area contributed by atoms with E-state index in [0.717, 1.165) is 5.92 Å². The van der Waals surface area contributed by atoms with Crippen LogP contribution < -0.4 is 3.53 Å². The smallest absolute Gasteiger partial charge is 0.0243 e. The zero-order valence-corrected chi connectivity index (χ0v) is 8.82. The Bertz CT molecular complexity index is 81.0. The fourth-order valence-corrected chi connectivity index (χ4v) is 1.14. The maximum absolute atomic E-state index is 3.26. The molecule has 0 rings (SSSR count). The van der Waals surface area contributed by atoms with Gasteiger partial charge in [-0.05, 0) is 19.8 Å². The topological polar surface area (TPSA) is 12.0 Å². The molecule has 1 nitrogen and oxygen atoms in total. The first-order chi connectivity index (χ1) is 4.04. The minimum atomic E-state index is 0.287. The molecule has 2 heteroatoms. The van der Waals surface area contributed by atoms with Crippen molar-refractivity contribution in [2.45, 2.75) is 39.7 Å². The van der Waals surface area contributed by atoms with Crippen molar-refractivity contribution in [3.05, 3.63) is 0 Å². The van der Waals surface area contributed by atoms with Crippen LogP contribution >= 0.6 is 22.9 Å². The van der Waals surface area contributed by atoms with E-state index in [1.165, 1.54) is 6.42 Å². The molecule has 0 aromatic rings. The summed E-state index contributed by atoms with van der Waals surface area (Å²) in [6.45, 7) is 8.95. The lowest BCUT2D eigenvalue weighted by molar-refractivity contribution is 0.322. The summed E-state index contributed by atoms with van der Waals surface area (Å²) in [5, 5.41) is 0. The third-order valence-electron chi connectivity index (χ3n) is 2.09. The molecule has 0 spiro atoms. The number of hydrogen-bond acceptors (Lipinski definition) is 1. The molecule has 0 radical (unpaired) electrons. The SMILES string of the molecule is CCC(C)C(C)(C)NI. The van der Waals surface area contributed by atoms with E-state index in [1.807, 2.05) is 0 Å². The molecule has 56 valence electrons. The van der Waals surface area contributed by atoms with Crippen molar-refractivity contribution >= 4 is 22.9 Å². The summed E-state index contributed by atoms with van der Waals surface area (Å²) >= 11 is 2.22. The second-order valence-electron chi connectivity index (χ2n) is 3.13. The van der Waals surface area contributed by atoms with Gasteiger partial charge in [0.1, 0.15) is 0 Å². The highest BCUT2D eigenvalue weighted by molar-refractivity contribution is 14.1. The molecule has 0 aliphatic carbocycles. The normalized spacial score (nSPS) is 15.7. The Labute approximate surface area is 72.1 Å². The summed E-state index contributed by atoms with van der Waals surface area (Å²) in [4.78, 5) is 0.